The lowest BCUT2D eigenvalue weighted by Crippen LogP contribution is -2.16. The first-order chi connectivity index (χ1) is 7.75. The van der Waals surface area contributed by atoms with Crippen molar-refractivity contribution in [3.8, 4) is 0 Å². The predicted molar refractivity (Wildman–Crippen MR) is 66.9 cm³/mol. The maximum atomic E-state index is 5.75. The summed E-state index contributed by atoms with van der Waals surface area (Å²) in [5.74, 6) is 0.619. The third kappa shape index (κ3) is 3.27. The van der Waals surface area contributed by atoms with Crippen LogP contribution in [-0.4, -0.2) is 24.2 Å². The normalized spacial score (nSPS) is 19.9. The van der Waals surface area contributed by atoms with Gasteiger partial charge in [0.2, 0.25) is 0 Å². The first-order valence-corrected chi connectivity index (χ1v) is 6.91. The van der Waals surface area contributed by atoms with E-state index in [2.05, 4.69) is 5.38 Å². The van der Waals surface area contributed by atoms with Crippen LogP contribution < -0.4 is 5.73 Å². The highest BCUT2D eigenvalue weighted by Gasteiger charge is 2.18. The van der Waals surface area contributed by atoms with E-state index in [4.69, 9.17) is 15.5 Å². The monoisotopic (exact) mass is 240 g/mol. The van der Waals surface area contributed by atoms with E-state index in [0.29, 0.717) is 5.92 Å². The predicted octanol–water partition coefficient (Wildman–Crippen LogP) is 2.32. The van der Waals surface area contributed by atoms with Crippen molar-refractivity contribution < 1.29 is 4.74 Å². The lowest BCUT2D eigenvalue weighted by atomic mass is 9.97. The Hall–Kier alpha value is -0.450. The summed E-state index contributed by atoms with van der Waals surface area (Å²) in [6, 6.07) is 0.274. The highest BCUT2D eigenvalue weighted by molar-refractivity contribution is 7.09. The van der Waals surface area contributed by atoms with Gasteiger partial charge in [0.15, 0.2) is 0 Å². The zero-order chi connectivity index (χ0) is 11.4. The molecule has 1 aromatic rings. The molecule has 1 saturated heterocycles. The van der Waals surface area contributed by atoms with Crippen LogP contribution in [-0.2, 0) is 11.2 Å². The minimum atomic E-state index is 0.274. The van der Waals surface area contributed by atoms with E-state index in [-0.39, 0.29) is 6.04 Å². The Morgan fingerprint density at radius 1 is 1.56 bits per heavy atom. The standard InChI is InChI=1S/C12H20N2OS/c1-9(13)2-3-12-14-11(8-16-12)10-4-6-15-7-5-10/h8-10H,2-7,13H2,1H3. The number of rotatable bonds is 4. The largest absolute Gasteiger partial charge is 0.381 e. The molecule has 0 aliphatic carbocycles. The van der Waals surface area contributed by atoms with Gasteiger partial charge in [0.1, 0.15) is 0 Å². The third-order valence-electron chi connectivity index (χ3n) is 3.02. The molecule has 1 unspecified atom stereocenters. The Morgan fingerprint density at radius 2 is 2.31 bits per heavy atom. The number of hydrogen-bond donors (Lipinski definition) is 1. The van der Waals surface area contributed by atoms with Gasteiger partial charge in [-0.2, -0.15) is 0 Å². The highest BCUT2D eigenvalue weighted by Crippen LogP contribution is 2.28. The summed E-state index contributed by atoms with van der Waals surface area (Å²) >= 11 is 1.78. The summed E-state index contributed by atoms with van der Waals surface area (Å²) in [6.07, 6.45) is 4.29. The van der Waals surface area contributed by atoms with Gasteiger partial charge in [-0.25, -0.2) is 4.98 Å². The van der Waals surface area contributed by atoms with Crippen LogP contribution in [0.1, 0.15) is 42.8 Å². The molecule has 1 aliphatic rings. The number of nitrogens with two attached hydrogens (primary N) is 1. The summed E-state index contributed by atoms with van der Waals surface area (Å²) in [7, 11) is 0. The number of ether oxygens (including phenoxy) is 1. The van der Waals surface area contributed by atoms with E-state index in [1.165, 1.54) is 10.7 Å². The minimum absolute atomic E-state index is 0.274. The molecule has 0 saturated carbocycles. The van der Waals surface area contributed by atoms with Gasteiger partial charge in [0.25, 0.3) is 0 Å². The molecule has 0 radical (unpaired) electrons. The van der Waals surface area contributed by atoms with E-state index in [1.54, 1.807) is 11.3 Å². The molecule has 3 nitrogen and oxygen atoms in total. The van der Waals surface area contributed by atoms with Gasteiger partial charge in [-0.15, -0.1) is 11.3 Å². The number of nitrogens with zero attached hydrogens (tertiary/aromatic N) is 1. The van der Waals surface area contributed by atoms with Crippen LogP contribution in [0.5, 0.6) is 0 Å². The van der Waals surface area contributed by atoms with E-state index in [0.717, 1.165) is 38.9 Å². The van der Waals surface area contributed by atoms with Crippen molar-refractivity contribution in [3.63, 3.8) is 0 Å². The van der Waals surface area contributed by atoms with Gasteiger partial charge in [-0.1, -0.05) is 0 Å². The first kappa shape index (κ1) is 12.0. The second-order valence-electron chi connectivity index (χ2n) is 4.57. The van der Waals surface area contributed by atoms with Crippen molar-refractivity contribution in [2.45, 2.75) is 44.6 Å². The topological polar surface area (TPSA) is 48.1 Å². The van der Waals surface area contributed by atoms with Crippen molar-refractivity contribution in [2.24, 2.45) is 5.73 Å². The molecule has 90 valence electrons. The van der Waals surface area contributed by atoms with E-state index in [1.807, 2.05) is 6.92 Å². The smallest absolute Gasteiger partial charge is 0.0928 e. The summed E-state index contributed by atoms with van der Waals surface area (Å²) in [4.78, 5) is 4.71. The molecule has 1 aromatic heterocycles. The van der Waals surface area contributed by atoms with E-state index >= 15 is 0 Å². The van der Waals surface area contributed by atoms with Crippen molar-refractivity contribution >= 4 is 11.3 Å². The molecule has 0 bridgehead atoms. The second kappa shape index (κ2) is 5.75. The summed E-state index contributed by atoms with van der Waals surface area (Å²) < 4.78 is 5.37. The number of aromatic nitrogens is 1. The molecule has 2 N–H and O–H groups in total. The van der Waals surface area contributed by atoms with Crippen molar-refractivity contribution in [2.75, 3.05) is 13.2 Å². The molecule has 2 rings (SSSR count). The van der Waals surface area contributed by atoms with Gasteiger partial charge in [-0.05, 0) is 26.2 Å². The quantitative estimate of drug-likeness (QED) is 0.878. The Kier molecular flexibility index (Phi) is 4.32. The van der Waals surface area contributed by atoms with Crippen molar-refractivity contribution in [1.82, 2.24) is 4.98 Å². The maximum absolute atomic E-state index is 5.75. The van der Waals surface area contributed by atoms with Gasteiger partial charge < -0.3 is 10.5 Å². The van der Waals surface area contributed by atoms with Crippen LogP contribution in [0.4, 0.5) is 0 Å². The highest BCUT2D eigenvalue weighted by atomic mass is 32.1. The molecule has 1 atom stereocenters. The fraction of sp³-hybridized carbons (Fsp3) is 0.750. The Balaban J connectivity index is 1.90. The van der Waals surface area contributed by atoms with Crippen molar-refractivity contribution in [3.05, 3.63) is 16.1 Å². The Bertz CT molecular complexity index is 319. The number of thiazole rings is 1. The summed E-state index contributed by atoms with van der Waals surface area (Å²) in [6.45, 7) is 3.82. The molecule has 1 fully saturated rings. The molecule has 16 heavy (non-hydrogen) atoms. The minimum Gasteiger partial charge on any atom is -0.381 e. The average molecular weight is 240 g/mol. The zero-order valence-electron chi connectivity index (χ0n) is 9.82. The van der Waals surface area contributed by atoms with Crippen LogP contribution in [0.2, 0.25) is 0 Å². The number of aryl methyl sites for hydroxylation is 1. The lowest BCUT2D eigenvalue weighted by Gasteiger charge is -2.19. The molecule has 1 aliphatic heterocycles. The second-order valence-corrected chi connectivity index (χ2v) is 5.51. The van der Waals surface area contributed by atoms with Gasteiger partial charge in [0, 0.05) is 37.0 Å². The van der Waals surface area contributed by atoms with Crippen LogP contribution in [0, 0.1) is 0 Å². The fourth-order valence-corrected chi connectivity index (χ4v) is 2.87. The van der Waals surface area contributed by atoms with Crippen LogP contribution in [0.25, 0.3) is 0 Å². The van der Waals surface area contributed by atoms with Crippen LogP contribution in [0.15, 0.2) is 5.38 Å². The average Bonchev–Trinajstić information content (AvgIpc) is 2.76. The van der Waals surface area contributed by atoms with E-state index < -0.39 is 0 Å². The van der Waals surface area contributed by atoms with Crippen molar-refractivity contribution in [1.29, 1.82) is 0 Å². The lowest BCUT2D eigenvalue weighted by molar-refractivity contribution is 0.0846. The van der Waals surface area contributed by atoms with Gasteiger partial charge in [-0.3, -0.25) is 0 Å². The molecule has 4 heteroatoms. The SMILES string of the molecule is CC(N)CCc1nc(C2CCOCC2)cs1. The maximum Gasteiger partial charge on any atom is 0.0928 e. The third-order valence-corrected chi connectivity index (χ3v) is 3.95. The molecule has 0 spiro atoms. The first-order valence-electron chi connectivity index (χ1n) is 6.03. The molecular weight excluding hydrogens is 220 g/mol. The Labute approximate surface area is 101 Å². The molecule has 0 amide bonds. The van der Waals surface area contributed by atoms with Gasteiger partial charge in [0.05, 0.1) is 10.7 Å². The fourth-order valence-electron chi connectivity index (χ4n) is 1.97. The summed E-state index contributed by atoms with van der Waals surface area (Å²) in [5, 5.41) is 3.45. The van der Waals surface area contributed by atoms with Crippen LogP contribution in [0.3, 0.4) is 0 Å². The Morgan fingerprint density at radius 3 is 3.00 bits per heavy atom. The zero-order valence-corrected chi connectivity index (χ0v) is 10.6. The molecule has 2 heterocycles. The molecular formula is C12H20N2OS. The van der Waals surface area contributed by atoms with E-state index in [9.17, 15) is 0 Å². The molecule has 0 aromatic carbocycles. The van der Waals surface area contributed by atoms with Gasteiger partial charge >= 0.3 is 0 Å². The van der Waals surface area contributed by atoms with Crippen LogP contribution >= 0.6 is 11.3 Å². The number of hydrogen-bond acceptors (Lipinski definition) is 4. The summed E-state index contributed by atoms with van der Waals surface area (Å²) in [5.41, 5.74) is 7.02.